The number of aromatic amines is 1. The highest BCUT2D eigenvalue weighted by Crippen LogP contribution is 2.37. The highest BCUT2D eigenvalue weighted by molar-refractivity contribution is 6.31. The van der Waals surface area contributed by atoms with E-state index in [4.69, 9.17) is 11.6 Å². The van der Waals surface area contributed by atoms with E-state index in [1.807, 2.05) is 6.07 Å². The van der Waals surface area contributed by atoms with E-state index in [0.717, 1.165) is 29.9 Å². The molecule has 1 aliphatic heterocycles. The number of imidazole rings is 1. The van der Waals surface area contributed by atoms with E-state index in [9.17, 15) is 13.2 Å². The van der Waals surface area contributed by atoms with Gasteiger partial charge in [0.1, 0.15) is 11.6 Å². The Hall–Kier alpha value is -2.55. The predicted octanol–water partition coefficient (Wildman–Crippen LogP) is 4.43. The van der Waals surface area contributed by atoms with Gasteiger partial charge in [0.15, 0.2) is 5.69 Å². The van der Waals surface area contributed by atoms with Crippen LogP contribution in [0.3, 0.4) is 0 Å². The summed E-state index contributed by atoms with van der Waals surface area (Å²) >= 11 is 6.03. The monoisotopic (exact) mass is 410 g/mol. The molecular formula is C18H18ClF3N6. The second-order valence-corrected chi connectivity index (χ2v) is 7.37. The molecular weight excluding hydrogens is 393 g/mol. The molecule has 1 fully saturated rings. The van der Waals surface area contributed by atoms with Crippen LogP contribution in [-0.2, 0) is 6.18 Å². The molecule has 3 heterocycles. The molecule has 0 saturated carbocycles. The molecule has 1 N–H and O–H groups in total. The van der Waals surface area contributed by atoms with Crippen molar-refractivity contribution in [3.63, 3.8) is 0 Å². The molecule has 2 aromatic heterocycles. The Balaban J connectivity index is 1.75. The van der Waals surface area contributed by atoms with Gasteiger partial charge >= 0.3 is 6.18 Å². The third kappa shape index (κ3) is 3.46. The SMILES string of the molecule is CN(C)c1cc(C(F)(F)F)nc(N2CCCC2c2nc3ccc(Cl)cc3[nH]2)n1. The normalized spacial score (nSPS) is 17.5. The van der Waals surface area contributed by atoms with E-state index in [1.165, 1.54) is 4.90 Å². The Morgan fingerprint density at radius 3 is 2.68 bits per heavy atom. The van der Waals surface area contributed by atoms with Gasteiger partial charge in [-0.25, -0.2) is 9.97 Å². The van der Waals surface area contributed by atoms with Gasteiger partial charge in [0, 0.05) is 31.7 Å². The van der Waals surface area contributed by atoms with Crippen LogP contribution in [0.25, 0.3) is 11.0 Å². The summed E-state index contributed by atoms with van der Waals surface area (Å²) in [7, 11) is 3.30. The molecule has 3 aromatic rings. The topological polar surface area (TPSA) is 60.9 Å². The molecule has 1 atom stereocenters. The molecule has 0 bridgehead atoms. The zero-order valence-electron chi connectivity index (χ0n) is 15.3. The molecule has 1 unspecified atom stereocenters. The van der Waals surface area contributed by atoms with Gasteiger partial charge < -0.3 is 14.8 Å². The quantitative estimate of drug-likeness (QED) is 0.692. The smallest absolute Gasteiger partial charge is 0.363 e. The van der Waals surface area contributed by atoms with Gasteiger partial charge in [0.25, 0.3) is 0 Å². The fourth-order valence-electron chi connectivity index (χ4n) is 3.37. The summed E-state index contributed by atoms with van der Waals surface area (Å²) in [4.78, 5) is 19.3. The summed E-state index contributed by atoms with van der Waals surface area (Å²) in [6.45, 7) is 0.552. The number of hydrogen-bond donors (Lipinski definition) is 1. The standard InChI is InChI=1S/C18H18ClF3N6/c1-27(2)15-9-14(18(20,21)22)25-17(26-15)28-7-3-4-13(28)16-23-11-6-5-10(19)8-12(11)24-16/h5-6,8-9,13H,3-4,7H2,1-2H3,(H,23,24). The molecule has 148 valence electrons. The number of anilines is 2. The van der Waals surface area contributed by atoms with Crippen molar-refractivity contribution in [1.29, 1.82) is 0 Å². The van der Waals surface area contributed by atoms with Crippen molar-refractivity contribution in [1.82, 2.24) is 19.9 Å². The molecule has 0 radical (unpaired) electrons. The molecule has 1 aliphatic rings. The van der Waals surface area contributed by atoms with Crippen LogP contribution in [-0.4, -0.2) is 40.6 Å². The first kappa shape index (κ1) is 18.8. The molecule has 6 nitrogen and oxygen atoms in total. The summed E-state index contributed by atoms with van der Waals surface area (Å²) in [5.41, 5.74) is 0.585. The molecule has 10 heteroatoms. The maximum Gasteiger partial charge on any atom is 0.433 e. The number of rotatable bonds is 3. The number of benzene rings is 1. The van der Waals surface area contributed by atoms with Crippen molar-refractivity contribution in [3.05, 3.63) is 40.8 Å². The van der Waals surface area contributed by atoms with Crippen LogP contribution < -0.4 is 9.80 Å². The van der Waals surface area contributed by atoms with E-state index < -0.39 is 11.9 Å². The maximum atomic E-state index is 13.3. The summed E-state index contributed by atoms with van der Waals surface area (Å²) in [6, 6.07) is 6.06. The lowest BCUT2D eigenvalue weighted by molar-refractivity contribution is -0.141. The van der Waals surface area contributed by atoms with Crippen LogP contribution in [0.5, 0.6) is 0 Å². The Morgan fingerprint density at radius 1 is 1.18 bits per heavy atom. The van der Waals surface area contributed by atoms with E-state index in [0.29, 0.717) is 17.4 Å². The highest BCUT2D eigenvalue weighted by Gasteiger charge is 2.36. The van der Waals surface area contributed by atoms with Gasteiger partial charge in [-0.1, -0.05) is 11.6 Å². The van der Waals surface area contributed by atoms with Crippen molar-refractivity contribution in [2.75, 3.05) is 30.4 Å². The van der Waals surface area contributed by atoms with Crippen LogP contribution in [0.4, 0.5) is 24.9 Å². The first-order chi connectivity index (χ1) is 13.2. The van der Waals surface area contributed by atoms with Gasteiger partial charge in [-0.05, 0) is 31.0 Å². The molecule has 1 saturated heterocycles. The number of aromatic nitrogens is 4. The second-order valence-electron chi connectivity index (χ2n) is 6.94. The number of H-pyrrole nitrogens is 1. The minimum atomic E-state index is -4.55. The maximum absolute atomic E-state index is 13.3. The van der Waals surface area contributed by atoms with E-state index >= 15 is 0 Å². The van der Waals surface area contributed by atoms with Gasteiger partial charge in [0.05, 0.1) is 17.1 Å². The summed E-state index contributed by atoms with van der Waals surface area (Å²) in [6.07, 6.45) is -3.00. The van der Waals surface area contributed by atoms with E-state index in [-0.39, 0.29) is 17.8 Å². The Morgan fingerprint density at radius 2 is 1.96 bits per heavy atom. The molecule has 0 spiro atoms. The molecule has 1 aromatic carbocycles. The van der Waals surface area contributed by atoms with Crippen molar-refractivity contribution < 1.29 is 13.2 Å². The fourth-order valence-corrected chi connectivity index (χ4v) is 3.55. The first-order valence-electron chi connectivity index (χ1n) is 8.78. The Bertz CT molecular complexity index is 1020. The zero-order valence-corrected chi connectivity index (χ0v) is 16.0. The third-order valence-electron chi connectivity index (χ3n) is 4.74. The van der Waals surface area contributed by atoms with Gasteiger partial charge in [-0.15, -0.1) is 0 Å². The van der Waals surface area contributed by atoms with Crippen LogP contribution in [0, 0.1) is 0 Å². The predicted molar refractivity (Wildman–Crippen MR) is 102 cm³/mol. The number of alkyl halides is 3. The van der Waals surface area contributed by atoms with Crippen LogP contribution in [0.1, 0.15) is 30.4 Å². The fraction of sp³-hybridized carbons (Fsp3) is 0.389. The van der Waals surface area contributed by atoms with Crippen LogP contribution in [0.2, 0.25) is 5.02 Å². The second kappa shape index (κ2) is 6.80. The third-order valence-corrected chi connectivity index (χ3v) is 4.97. The number of hydrogen-bond acceptors (Lipinski definition) is 5. The van der Waals surface area contributed by atoms with Crippen molar-refractivity contribution in [2.24, 2.45) is 0 Å². The minimum absolute atomic E-state index is 0.0551. The summed E-state index contributed by atoms with van der Waals surface area (Å²) in [5.74, 6) is 0.932. The summed E-state index contributed by atoms with van der Waals surface area (Å²) < 4.78 is 40.0. The molecule has 0 amide bonds. The number of fused-ring (bicyclic) bond motifs is 1. The average molecular weight is 411 g/mol. The first-order valence-corrected chi connectivity index (χ1v) is 9.15. The van der Waals surface area contributed by atoms with Gasteiger partial charge in [-0.3, -0.25) is 0 Å². The number of nitrogens with one attached hydrogen (secondary N) is 1. The lowest BCUT2D eigenvalue weighted by Gasteiger charge is -2.25. The lowest BCUT2D eigenvalue weighted by Crippen LogP contribution is -2.27. The largest absolute Gasteiger partial charge is 0.433 e. The van der Waals surface area contributed by atoms with Gasteiger partial charge in [-0.2, -0.15) is 18.2 Å². The van der Waals surface area contributed by atoms with Crippen molar-refractivity contribution in [3.8, 4) is 0 Å². The Kier molecular flexibility index (Phi) is 4.57. The van der Waals surface area contributed by atoms with Crippen molar-refractivity contribution in [2.45, 2.75) is 25.1 Å². The number of halogens is 4. The van der Waals surface area contributed by atoms with Crippen molar-refractivity contribution >= 4 is 34.4 Å². The van der Waals surface area contributed by atoms with Crippen LogP contribution in [0.15, 0.2) is 24.3 Å². The molecule has 0 aliphatic carbocycles. The van der Waals surface area contributed by atoms with Gasteiger partial charge in [0.2, 0.25) is 5.95 Å². The van der Waals surface area contributed by atoms with E-state index in [2.05, 4.69) is 19.9 Å². The lowest BCUT2D eigenvalue weighted by atomic mass is 10.2. The Labute approximate surface area is 164 Å². The number of nitrogens with zero attached hydrogens (tertiary/aromatic N) is 5. The minimum Gasteiger partial charge on any atom is -0.363 e. The zero-order chi connectivity index (χ0) is 20.1. The van der Waals surface area contributed by atoms with Crippen LogP contribution >= 0.6 is 11.6 Å². The highest BCUT2D eigenvalue weighted by atomic mass is 35.5. The summed E-state index contributed by atoms with van der Waals surface area (Å²) in [5, 5.41) is 0.586. The van der Waals surface area contributed by atoms with E-state index in [1.54, 1.807) is 31.1 Å². The average Bonchev–Trinajstić information content (AvgIpc) is 3.26. The molecule has 4 rings (SSSR count). The molecule has 28 heavy (non-hydrogen) atoms.